The van der Waals surface area contributed by atoms with Crippen LogP contribution in [0.15, 0.2) is 4.52 Å². The van der Waals surface area contributed by atoms with Gasteiger partial charge in [-0.25, -0.2) is 0 Å². The summed E-state index contributed by atoms with van der Waals surface area (Å²) in [6, 6.07) is 0.807. The SMILES string of the molecule is CCCc1nc(CN2CCC[C@H]2[C@H]2CCCN2C(C)=O)no1. The molecule has 0 bridgehead atoms. The number of carbonyl (C=O) groups excluding carboxylic acids is 1. The van der Waals surface area contributed by atoms with E-state index in [1.165, 1.54) is 6.42 Å². The standard InChI is InChI=1S/C16H26N4O2/c1-3-6-16-17-15(18-22-16)11-19-9-4-7-13(19)14-8-5-10-20(14)12(2)21/h13-14H,3-11H2,1-2H3/t13-,14+/m0/s1. The highest BCUT2D eigenvalue weighted by atomic mass is 16.5. The van der Waals surface area contributed by atoms with E-state index in [2.05, 4.69) is 26.9 Å². The lowest BCUT2D eigenvalue weighted by Crippen LogP contribution is -2.47. The zero-order chi connectivity index (χ0) is 15.5. The Kier molecular flexibility index (Phi) is 4.76. The molecule has 3 rings (SSSR count). The van der Waals surface area contributed by atoms with Gasteiger partial charge in [0, 0.05) is 32.0 Å². The molecule has 2 fully saturated rings. The van der Waals surface area contributed by atoms with Crippen molar-refractivity contribution in [2.75, 3.05) is 13.1 Å². The van der Waals surface area contributed by atoms with Gasteiger partial charge < -0.3 is 9.42 Å². The Bertz CT molecular complexity index is 516. The zero-order valence-corrected chi connectivity index (χ0v) is 13.6. The molecule has 0 unspecified atom stereocenters. The summed E-state index contributed by atoms with van der Waals surface area (Å²) in [5.41, 5.74) is 0. The monoisotopic (exact) mass is 306 g/mol. The summed E-state index contributed by atoms with van der Waals surface area (Å²) < 4.78 is 5.28. The molecule has 0 radical (unpaired) electrons. The van der Waals surface area contributed by atoms with E-state index in [9.17, 15) is 4.79 Å². The molecule has 0 aromatic carbocycles. The molecular formula is C16H26N4O2. The molecule has 0 spiro atoms. The van der Waals surface area contributed by atoms with E-state index in [-0.39, 0.29) is 5.91 Å². The molecular weight excluding hydrogens is 280 g/mol. The van der Waals surface area contributed by atoms with Gasteiger partial charge in [-0.2, -0.15) is 4.98 Å². The summed E-state index contributed by atoms with van der Waals surface area (Å²) in [6.45, 7) is 6.50. The largest absolute Gasteiger partial charge is 0.339 e. The summed E-state index contributed by atoms with van der Waals surface area (Å²) in [6.07, 6.45) is 6.45. The Balaban J connectivity index is 1.66. The van der Waals surface area contributed by atoms with Crippen LogP contribution in [0.4, 0.5) is 0 Å². The van der Waals surface area contributed by atoms with Crippen LogP contribution in [0.3, 0.4) is 0 Å². The Labute approximate surface area is 131 Å². The molecule has 0 N–H and O–H groups in total. The number of aromatic nitrogens is 2. The summed E-state index contributed by atoms with van der Waals surface area (Å²) >= 11 is 0. The first-order valence-corrected chi connectivity index (χ1v) is 8.51. The van der Waals surface area contributed by atoms with E-state index >= 15 is 0 Å². The number of aryl methyl sites for hydroxylation is 1. The van der Waals surface area contributed by atoms with Gasteiger partial charge in [0.2, 0.25) is 11.8 Å². The van der Waals surface area contributed by atoms with Gasteiger partial charge in [-0.05, 0) is 38.6 Å². The van der Waals surface area contributed by atoms with Crippen molar-refractivity contribution in [3.05, 3.63) is 11.7 Å². The van der Waals surface area contributed by atoms with Crippen molar-refractivity contribution >= 4 is 5.91 Å². The molecule has 2 aliphatic rings. The van der Waals surface area contributed by atoms with Crippen molar-refractivity contribution in [2.45, 2.75) is 71.0 Å². The molecule has 2 atom stereocenters. The molecule has 1 aromatic rings. The number of amides is 1. The molecule has 0 saturated carbocycles. The van der Waals surface area contributed by atoms with Gasteiger partial charge in [0.1, 0.15) is 0 Å². The van der Waals surface area contributed by atoms with Crippen LogP contribution < -0.4 is 0 Å². The Morgan fingerprint density at radius 3 is 2.82 bits per heavy atom. The van der Waals surface area contributed by atoms with Crippen molar-refractivity contribution in [2.24, 2.45) is 0 Å². The summed E-state index contributed by atoms with van der Waals surface area (Å²) in [5, 5.41) is 4.11. The predicted molar refractivity (Wildman–Crippen MR) is 82.1 cm³/mol. The van der Waals surface area contributed by atoms with Crippen LogP contribution in [0, 0.1) is 0 Å². The Morgan fingerprint density at radius 1 is 1.27 bits per heavy atom. The van der Waals surface area contributed by atoms with Crippen LogP contribution in [-0.2, 0) is 17.8 Å². The van der Waals surface area contributed by atoms with Crippen LogP contribution in [-0.4, -0.2) is 51.0 Å². The maximum atomic E-state index is 11.8. The minimum Gasteiger partial charge on any atom is -0.339 e. The molecule has 2 aliphatic heterocycles. The minimum atomic E-state index is 0.208. The summed E-state index contributed by atoms with van der Waals surface area (Å²) in [7, 11) is 0. The number of nitrogens with zero attached hydrogens (tertiary/aromatic N) is 4. The van der Waals surface area contributed by atoms with E-state index in [1.54, 1.807) is 6.92 Å². The molecule has 2 saturated heterocycles. The molecule has 6 heteroatoms. The molecule has 122 valence electrons. The van der Waals surface area contributed by atoms with Crippen LogP contribution in [0.1, 0.15) is 57.7 Å². The second-order valence-electron chi connectivity index (χ2n) is 6.46. The fourth-order valence-corrected chi connectivity index (χ4v) is 3.92. The van der Waals surface area contributed by atoms with E-state index < -0.39 is 0 Å². The zero-order valence-electron chi connectivity index (χ0n) is 13.6. The molecule has 1 aromatic heterocycles. The highest BCUT2D eigenvalue weighted by molar-refractivity contribution is 5.74. The first kappa shape index (κ1) is 15.5. The first-order chi connectivity index (χ1) is 10.7. The summed E-state index contributed by atoms with van der Waals surface area (Å²) in [5.74, 6) is 1.72. The topological polar surface area (TPSA) is 62.5 Å². The van der Waals surface area contributed by atoms with Gasteiger partial charge in [-0.1, -0.05) is 12.1 Å². The molecule has 0 aliphatic carbocycles. The quantitative estimate of drug-likeness (QED) is 0.832. The van der Waals surface area contributed by atoms with Crippen LogP contribution >= 0.6 is 0 Å². The molecule has 22 heavy (non-hydrogen) atoms. The average molecular weight is 306 g/mol. The number of hydrogen-bond acceptors (Lipinski definition) is 5. The third-order valence-electron chi connectivity index (χ3n) is 4.88. The van der Waals surface area contributed by atoms with Gasteiger partial charge in [-0.3, -0.25) is 9.69 Å². The third kappa shape index (κ3) is 3.16. The van der Waals surface area contributed by atoms with Gasteiger partial charge >= 0.3 is 0 Å². The summed E-state index contributed by atoms with van der Waals surface area (Å²) in [4.78, 5) is 20.8. The van der Waals surface area contributed by atoms with Gasteiger partial charge in [0.05, 0.1) is 6.54 Å². The lowest BCUT2D eigenvalue weighted by molar-refractivity contribution is -0.130. The highest BCUT2D eigenvalue weighted by Crippen LogP contribution is 2.30. The average Bonchev–Trinajstić information content (AvgIpc) is 3.19. The van der Waals surface area contributed by atoms with Crippen molar-refractivity contribution < 1.29 is 9.32 Å². The van der Waals surface area contributed by atoms with Gasteiger partial charge in [0.15, 0.2) is 5.82 Å². The molecule has 3 heterocycles. The predicted octanol–water partition coefficient (Wildman–Crippen LogP) is 2.00. The van der Waals surface area contributed by atoms with Crippen LogP contribution in [0.25, 0.3) is 0 Å². The lowest BCUT2D eigenvalue weighted by Gasteiger charge is -2.34. The van der Waals surface area contributed by atoms with Gasteiger partial charge in [0.25, 0.3) is 0 Å². The molecule has 1 amide bonds. The van der Waals surface area contributed by atoms with Crippen molar-refractivity contribution in [3.8, 4) is 0 Å². The van der Waals surface area contributed by atoms with Crippen molar-refractivity contribution in [1.29, 1.82) is 0 Å². The third-order valence-corrected chi connectivity index (χ3v) is 4.88. The van der Waals surface area contributed by atoms with E-state index in [0.29, 0.717) is 12.1 Å². The van der Waals surface area contributed by atoms with E-state index in [0.717, 1.165) is 63.5 Å². The Hall–Kier alpha value is -1.43. The first-order valence-electron chi connectivity index (χ1n) is 8.51. The van der Waals surface area contributed by atoms with Crippen molar-refractivity contribution in [1.82, 2.24) is 19.9 Å². The highest BCUT2D eigenvalue weighted by Gasteiger charge is 2.39. The van der Waals surface area contributed by atoms with Gasteiger partial charge in [-0.15, -0.1) is 0 Å². The maximum absolute atomic E-state index is 11.8. The minimum absolute atomic E-state index is 0.208. The van der Waals surface area contributed by atoms with Crippen molar-refractivity contribution in [3.63, 3.8) is 0 Å². The maximum Gasteiger partial charge on any atom is 0.226 e. The van der Waals surface area contributed by atoms with E-state index in [4.69, 9.17) is 4.52 Å². The van der Waals surface area contributed by atoms with E-state index in [1.807, 2.05) is 0 Å². The smallest absolute Gasteiger partial charge is 0.226 e. The Morgan fingerprint density at radius 2 is 2.05 bits per heavy atom. The fourth-order valence-electron chi connectivity index (χ4n) is 3.92. The van der Waals surface area contributed by atoms with Crippen LogP contribution in [0.2, 0.25) is 0 Å². The fraction of sp³-hybridized carbons (Fsp3) is 0.812. The molecule has 6 nitrogen and oxygen atoms in total. The lowest BCUT2D eigenvalue weighted by atomic mass is 10.0. The number of likely N-dealkylation sites (tertiary alicyclic amines) is 2. The second kappa shape index (κ2) is 6.77. The number of rotatable bonds is 5. The normalized spacial score (nSPS) is 26.0. The number of hydrogen-bond donors (Lipinski definition) is 0. The number of carbonyl (C=O) groups is 1. The second-order valence-corrected chi connectivity index (χ2v) is 6.46. The van der Waals surface area contributed by atoms with Crippen LogP contribution in [0.5, 0.6) is 0 Å².